The van der Waals surface area contributed by atoms with Crippen LogP contribution in [0.25, 0.3) is 0 Å². The number of rotatable bonds is 4. The molecule has 0 aromatic heterocycles. The maximum atomic E-state index is 13.3. The van der Waals surface area contributed by atoms with E-state index in [1.165, 1.54) is 0 Å². The molecular weight excluding hydrogens is 1010 g/mol. The second kappa shape index (κ2) is 15.7. The smallest absolute Gasteiger partial charge is 0.748 e. The minimum atomic E-state index is -6.22. The first-order chi connectivity index (χ1) is 26.3. The summed E-state index contributed by atoms with van der Waals surface area (Å²) >= 11 is 0. The van der Waals surface area contributed by atoms with Gasteiger partial charge in [0.15, 0.2) is 0 Å². The van der Waals surface area contributed by atoms with Gasteiger partial charge in [-0.1, -0.05) is 38.5 Å². The van der Waals surface area contributed by atoms with Gasteiger partial charge < -0.3 is 18.2 Å². The van der Waals surface area contributed by atoms with Crippen molar-refractivity contribution in [1.29, 1.82) is 0 Å². The van der Waals surface area contributed by atoms with E-state index >= 15 is 0 Å². The van der Waals surface area contributed by atoms with E-state index < -0.39 is 98.0 Å². The molecule has 9 rings (SSSR count). The van der Waals surface area contributed by atoms with Gasteiger partial charge in [0.25, 0.3) is 0 Å². The van der Waals surface area contributed by atoms with Crippen molar-refractivity contribution in [3.05, 3.63) is 0 Å². The zero-order valence-electron chi connectivity index (χ0n) is 30.9. The first kappa shape index (κ1) is 43.6. The maximum Gasteiger partial charge on any atom is 4.00 e. The van der Waals surface area contributed by atoms with Crippen molar-refractivity contribution in [1.82, 2.24) is 42.5 Å². The van der Waals surface area contributed by atoms with E-state index in [2.05, 4.69) is 42.5 Å². The van der Waals surface area contributed by atoms with Crippen LogP contribution in [0.5, 0.6) is 0 Å². The molecule has 0 spiro atoms. The molecule has 0 amide bonds. The van der Waals surface area contributed by atoms with Crippen LogP contribution >= 0.6 is 0 Å². The van der Waals surface area contributed by atoms with E-state index in [-0.39, 0.29) is 69.4 Å². The molecule has 4 aliphatic carbocycles. The van der Waals surface area contributed by atoms with Gasteiger partial charge in [-0.3, -0.25) is 42.5 Å². The van der Waals surface area contributed by atoms with Gasteiger partial charge in [0.1, 0.15) is 20.2 Å². The third-order valence-corrected chi connectivity index (χ3v) is 20.9. The van der Waals surface area contributed by atoms with Crippen molar-refractivity contribution in [2.24, 2.45) is 47.3 Å². The Morgan fingerprint density at radius 3 is 0.667 bits per heavy atom. The van der Waals surface area contributed by atoms with E-state index in [1.54, 1.807) is 0 Å². The van der Waals surface area contributed by atoms with Gasteiger partial charge in [-0.2, -0.15) is 0 Å². The third-order valence-electron chi connectivity index (χ3n) is 15.3. The number of nitrogens with one attached hydrogen (secondary N) is 8. The van der Waals surface area contributed by atoms with Crippen molar-refractivity contribution >= 4 is 40.5 Å². The van der Waals surface area contributed by atoms with Crippen LogP contribution in [0, 0.1) is 47.3 Å². The molecule has 20 nitrogen and oxygen atoms in total. The molecule has 5 heterocycles. The largest absolute Gasteiger partial charge is 4.00 e. The zero-order chi connectivity index (χ0) is 39.7. The fourth-order valence-electron chi connectivity index (χ4n) is 13.4. The number of hydrogen-bond donors (Lipinski definition) is 8. The molecule has 8 bridgehead atoms. The van der Waals surface area contributed by atoms with E-state index in [0.29, 0.717) is 11.8 Å². The molecule has 326 valence electrons. The van der Waals surface area contributed by atoms with E-state index in [1.807, 2.05) is 0 Å². The Morgan fingerprint density at radius 2 is 0.474 bits per heavy atom. The van der Waals surface area contributed by atoms with E-state index in [0.717, 1.165) is 77.0 Å². The summed E-state index contributed by atoms with van der Waals surface area (Å²) in [5.41, 5.74) is 0. The minimum Gasteiger partial charge on any atom is -0.748 e. The Kier molecular flexibility index (Phi) is 12.0. The van der Waals surface area contributed by atoms with Gasteiger partial charge in [-0.15, -0.1) is 0 Å². The number of hydrogen-bond acceptors (Lipinski definition) is 20. The van der Waals surface area contributed by atoms with Crippen LogP contribution in [0.1, 0.15) is 77.0 Å². The summed E-state index contributed by atoms with van der Waals surface area (Å²) in [6.45, 7) is 0. The third kappa shape index (κ3) is 7.77. The van der Waals surface area contributed by atoms with Crippen LogP contribution < -0.4 is 42.5 Å². The van der Waals surface area contributed by atoms with Crippen molar-refractivity contribution < 1.29 is 72.9 Å². The molecule has 9 fully saturated rings. The Balaban J connectivity index is 0.00000455. The minimum absolute atomic E-state index is 0. The molecule has 57 heavy (non-hydrogen) atoms. The summed E-state index contributed by atoms with van der Waals surface area (Å²) in [5.74, 6) is -3.14. The molecule has 5 aliphatic heterocycles. The van der Waals surface area contributed by atoms with Crippen molar-refractivity contribution in [3.8, 4) is 0 Å². The van der Waals surface area contributed by atoms with Crippen LogP contribution in [0.3, 0.4) is 0 Å². The van der Waals surface area contributed by atoms with E-state index in [9.17, 15) is 51.9 Å². The van der Waals surface area contributed by atoms with E-state index in [4.69, 9.17) is 0 Å². The summed E-state index contributed by atoms with van der Waals surface area (Å²) < 4.78 is 157. The topological polar surface area (TPSA) is 325 Å². The van der Waals surface area contributed by atoms with Crippen LogP contribution in [-0.2, 0) is 61.5 Å². The standard InChI is InChI=1S/C32H56N8O12S4.Pt/c41-53(42,43)21-19-20(22(54(44,45)46)24(56(50,51)52)23(21)55(47,48)49)32-39-30-18-12-6-4-10-16(18)28(37-30)35-26-14-8-2-1-7-13(14)25(33-26)34-27-15-9-3-5-11-17(15)29(36-27)38-31(19)40-32;/h13-40H,1-12H2,(H,41,42,43)(H,44,45,46)(H,47,48,49)(H,50,51,52);/q;+4/p-4. The molecule has 4 saturated carbocycles. The first-order valence-corrected chi connectivity index (χ1v) is 26.1. The molecule has 25 heteroatoms. The first-order valence-electron chi connectivity index (χ1n) is 20.2. The molecular formula is C32H52N8O12PtS4. The van der Waals surface area contributed by atoms with Gasteiger partial charge in [-0.25, -0.2) is 33.7 Å². The second-order valence-electron chi connectivity index (χ2n) is 18.0. The fourth-order valence-corrected chi connectivity index (χ4v) is 20.5. The van der Waals surface area contributed by atoms with Gasteiger partial charge >= 0.3 is 21.1 Å². The molecule has 0 aromatic carbocycles. The predicted molar refractivity (Wildman–Crippen MR) is 193 cm³/mol. The Hall–Kier alpha value is 0.00831. The Morgan fingerprint density at radius 1 is 0.298 bits per heavy atom. The maximum absolute atomic E-state index is 13.3. The monoisotopic (exact) mass is 1060 g/mol. The normalized spacial score (nSPS) is 50.2. The molecule has 9 aliphatic rings. The molecule has 0 aromatic rings. The summed E-state index contributed by atoms with van der Waals surface area (Å²) in [6, 6.07) is 0. The second-order valence-corrected chi connectivity index (χ2v) is 24.1. The summed E-state index contributed by atoms with van der Waals surface area (Å²) in [7, 11) is -24.4. The van der Waals surface area contributed by atoms with Gasteiger partial charge in [0, 0.05) is 11.8 Å². The van der Waals surface area contributed by atoms with Crippen molar-refractivity contribution in [2.75, 3.05) is 0 Å². The SMILES string of the molecule is O=S(=O)([O-])C1C2C3NC4NC(NC5NC(NC6NC(NC(N3)C2C(S(=O)(=O)[O-])C(S(=O)(=O)[O-])C1S(=O)(=O)[O-])C1CCCCC61)C1CCCCC51)C1CCCCC41.[Pt+4]. The predicted octanol–water partition coefficient (Wildman–Crippen LogP) is -3.30. The average molecular weight is 1060 g/mol. The zero-order valence-corrected chi connectivity index (χ0v) is 36.4. The Bertz CT molecular complexity index is 1850. The van der Waals surface area contributed by atoms with Crippen molar-refractivity contribution in [3.63, 3.8) is 0 Å². The summed E-state index contributed by atoms with van der Waals surface area (Å²) in [4.78, 5) is 0. The van der Waals surface area contributed by atoms with Crippen LogP contribution in [0.2, 0.25) is 0 Å². The molecule has 20 unspecified atom stereocenters. The van der Waals surface area contributed by atoms with Crippen LogP contribution in [-0.4, -0.2) is 122 Å². The van der Waals surface area contributed by atoms with Crippen molar-refractivity contribution in [2.45, 2.75) is 147 Å². The Labute approximate surface area is 348 Å². The molecule has 5 saturated heterocycles. The van der Waals surface area contributed by atoms with Gasteiger partial charge in [-0.05, 0) is 74.0 Å². The van der Waals surface area contributed by atoms with Crippen LogP contribution in [0.15, 0.2) is 0 Å². The number of fused-ring (bicyclic) bond motifs is 20. The summed E-state index contributed by atoms with van der Waals surface area (Å²) in [6.07, 6.45) is 6.60. The molecule has 0 radical (unpaired) electrons. The summed E-state index contributed by atoms with van der Waals surface area (Å²) in [5, 5.41) is 16.2. The van der Waals surface area contributed by atoms with Crippen LogP contribution in [0.4, 0.5) is 0 Å². The quantitative estimate of drug-likeness (QED) is 0.128. The van der Waals surface area contributed by atoms with Gasteiger partial charge in [0.05, 0.1) is 90.6 Å². The molecule has 8 N–H and O–H groups in total. The fraction of sp³-hybridized carbons (Fsp3) is 1.00. The van der Waals surface area contributed by atoms with Gasteiger partial charge in [0.2, 0.25) is 0 Å². The molecule has 20 atom stereocenters. The average Bonchev–Trinajstić information content (AvgIpc) is 3.84.